The molecule has 0 aliphatic carbocycles. The van der Waals surface area contributed by atoms with Crippen molar-refractivity contribution in [2.75, 3.05) is 49.6 Å². The lowest BCUT2D eigenvalue weighted by atomic mass is 9.98. The second-order valence-corrected chi connectivity index (χ2v) is 9.55. The molecule has 198 valence electrons. The Morgan fingerprint density at radius 1 is 1.00 bits per heavy atom. The third-order valence-corrected chi connectivity index (χ3v) is 6.93. The molecule has 2 aliphatic heterocycles. The van der Waals surface area contributed by atoms with Crippen molar-refractivity contribution >= 4 is 17.3 Å². The van der Waals surface area contributed by atoms with Crippen molar-refractivity contribution < 1.29 is 31.5 Å². The van der Waals surface area contributed by atoms with E-state index in [9.17, 15) is 18.0 Å². The lowest BCUT2D eigenvalue weighted by Gasteiger charge is -2.36. The van der Waals surface area contributed by atoms with Gasteiger partial charge in [-0.15, -0.1) is 0 Å². The van der Waals surface area contributed by atoms with Crippen molar-refractivity contribution in [3.8, 4) is 0 Å². The molecule has 0 bridgehead atoms. The summed E-state index contributed by atoms with van der Waals surface area (Å²) in [7, 11) is 0. The van der Waals surface area contributed by atoms with Crippen molar-refractivity contribution in [2.24, 2.45) is 0 Å². The number of benzene rings is 1. The molecule has 5 rings (SSSR count). The zero-order valence-electron chi connectivity index (χ0n) is 20.6. The fourth-order valence-electron chi connectivity index (χ4n) is 4.89. The molecule has 1 N–H and O–H groups in total. The Kier molecular flexibility index (Phi) is 7.30. The van der Waals surface area contributed by atoms with E-state index in [1.165, 1.54) is 6.07 Å². The van der Waals surface area contributed by atoms with E-state index in [1.807, 2.05) is 24.0 Å². The molecule has 1 amide bonds. The van der Waals surface area contributed by atoms with E-state index >= 15 is 0 Å². The summed E-state index contributed by atoms with van der Waals surface area (Å²) in [5.74, 6) is 2.10. The number of carbonyl (C=O) groups excluding carboxylic acids is 1. The molecule has 0 radical (unpaired) electrons. The number of hydrogen-bond acceptors (Lipinski definition) is 6. The van der Waals surface area contributed by atoms with Gasteiger partial charge in [-0.25, -0.2) is 0 Å². The number of halogens is 3. The molecule has 2 aromatic heterocycles. The van der Waals surface area contributed by atoms with Crippen LogP contribution in [0.5, 0.6) is 0 Å². The number of carbonyl (C=O) groups is 1. The van der Waals surface area contributed by atoms with Gasteiger partial charge in [0.15, 0.2) is 5.76 Å². The summed E-state index contributed by atoms with van der Waals surface area (Å²) in [5, 5.41) is 2.68. The van der Waals surface area contributed by atoms with Gasteiger partial charge < -0.3 is 23.8 Å². The number of nitrogens with one attached hydrogen (secondary N) is 1. The second-order valence-electron chi connectivity index (χ2n) is 9.55. The van der Waals surface area contributed by atoms with Crippen LogP contribution in [0.3, 0.4) is 0 Å². The number of aryl methyl sites for hydroxylation is 1. The lowest BCUT2D eigenvalue weighted by molar-refractivity contribution is -0.137. The molecule has 4 heterocycles. The highest BCUT2D eigenvalue weighted by molar-refractivity contribution is 6.04. The number of nitrogens with zero attached hydrogens (tertiary/aromatic N) is 2. The van der Waals surface area contributed by atoms with Crippen molar-refractivity contribution in [3.05, 3.63) is 71.1 Å². The Bertz CT molecular complexity index is 1220. The minimum absolute atomic E-state index is 0.0726. The molecular formula is C27H30F3N3O4. The van der Waals surface area contributed by atoms with Crippen molar-refractivity contribution in [1.29, 1.82) is 0 Å². The van der Waals surface area contributed by atoms with Gasteiger partial charge in [0.25, 0.3) is 5.91 Å². The number of alkyl halides is 3. The minimum atomic E-state index is -4.53. The van der Waals surface area contributed by atoms with Crippen LogP contribution in [0.25, 0.3) is 0 Å². The maximum absolute atomic E-state index is 13.5. The minimum Gasteiger partial charge on any atom is -0.465 e. The molecule has 37 heavy (non-hydrogen) atoms. The molecule has 10 heteroatoms. The maximum atomic E-state index is 13.5. The third kappa shape index (κ3) is 6.02. The number of amides is 1. The highest BCUT2D eigenvalue weighted by atomic mass is 19.4. The van der Waals surface area contributed by atoms with E-state index in [1.54, 1.807) is 12.1 Å². The third-order valence-electron chi connectivity index (χ3n) is 6.93. The summed E-state index contributed by atoms with van der Waals surface area (Å²) in [6.45, 7) is 6.46. The molecule has 2 aliphatic rings. The predicted molar refractivity (Wildman–Crippen MR) is 132 cm³/mol. The zero-order valence-corrected chi connectivity index (χ0v) is 20.6. The first-order chi connectivity index (χ1) is 17.8. The number of piperazine rings is 1. The first kappa shape index (κ1) is 25.4. The van der Waals surface area contributed by atoms with E-state index in [-0.39, 0.29) is 17.4 Å². The Morgan fingerprint density at radius 3 is 2.43 bits per heavy atom. The molecule has 0 spiro atoms. The molecule has 3 aromatic rings. The van der Waals surface area contributed by atoms with E-state index in [4.69, 9.17) is 13.6 Å². The lowest BCUT2D eigenvalue weighted by Crippen LogP contribution is -2.46. The van der Waals surface area contributed by atoms with Crippen LogP contribution in [0, 0.1) is 6.92 Å². The van der Waals surface area contributed by atoms with E-state index in [0.717, 1.165) is 36.5 Å². The smallest absolute Gasteiger partial charge is 0.416 e. The zero-order chi connectivity index (χ0) is 26.0. The Labute approximate surface area is 213 Å². The monoisotopic (exact) mass is 517 g/mol. The van der Waals surface area contributed by atoms with Gasteiger partial charge in [-0.2, -0.15) is 13.2 Å². The Balaban J connectivity index is 1.31. The van der Waals surface area contributed by atoms with Gasteiger partial charge in [0.1, 0.15) is 17.3 Å². The summed E-state index contributed by atoms with van der Waals surface area (Å²) >= 11 is 0. The summed E-state index contributed by atoms with van der Waals surface area (Å²) in [6, 6.07) is 10.7. The van der Waals surface area contributed by atoms with Crippen LogP contribution in [0.2, 0.25) is 0 Å². The van der Waals surface area contributed by atoms with Gasteiger partial charge in [-0.1, -0.05) is 0 Å². The van der Waals surface area contributed by atoms with E-state index < -0.39 is 17.6 Å². The van der Waals surface area contributed by atoms with Gasteiger partial charge in [0.05, 0.1) is 23.5 Å². The highest BCUT2D eigenvalue weighted by Crippen LogP contribution is 2.36. The van der Waals surface area contributed by atoms with Crippen LogP contribution < -0.4 is 10.2 Å². The summed E-state index contributed by atoms with van der Waals surface area (Å²) < 4.78 is 57.3. The topological polar surface area (TPSA) is 71.1 Å². The number of hydrogen-bond donors (Lipinski definition) is 1. The van der Waals surface area contributed by atoms with Gasteiger partial charge in [0, 0.05) is 45.3 Å². The van der Waals surface area contributed by atoms with Crippen LogP contribution in [0.1, 0.15) is 52.2 Å². The molecule has 0 atom stereocenters. The molecule has 0 saturated carbocycles. The van der Waals surface area contributed by atoms with Crippen LogP contribution in [0.4, 0.5) is 24.5 Å². The average Bonchev–Trinajstić information content (AvgIpc) is 3.54. The van der Waals surface area contributed by atoms with Gasteiger partial charge in [-0.3, -0.25) is 9.69 Å². The first-order valence-electron chi connectivity index (χ1n) is 12.5. The van der Waals surface area contributed by atoms with Crippen molar-refractivity contribution in [3.63, 3.8) is 0 Å². The summed E-state index contributed by atoms with van der Waals surface area (Å²) in [5.41, 5.74) is -0.161. The molecular weight excluding hydrogens is 487 g/mol. The van der Waals surface area contributed by atoms with Gasteiger partial charge >= 0.3 is 6.18 Å². The Morgan fingerprint density at radius 2 is 1.76 bits per heavy atom. The first-order valence-corrected chi connectivity index (χ1v) is 12.5. The number of anilines is 2. The normalized spacial score (nSPS) is 17.8. The fraction of sp³-hybridized carbons (Fsp3) is 0.444. The standard InChI is InChI=1S/C27H30F3N3O4/c1-18-2-4-21(36-18)17-32-10-12-33(13-11-32)23-5-3-20(27(28,29)30)16-22(23)31-26(34)25-7-6-24(37-25)19-8-14-35-15-9-19/h2-7,16,19H,8-15,17H2,1H3,(H,31,34). The summed E-state index contributed by atoms with van der Waals surface area (Å²) in [6.07, 6.45) is -2.92. The molecule has 0 unspecified atom stereocenters. The number of rotatable bonds is 6. The predicted octanol–water partition coefficient (Wildman–Crippen LogP) is 5.67. The van der Waals surface area contributed by atoms with Gasteiger partial charge in [0.2, 0.25) is 0 Å². The van der Waals surface area contributed by atoms with Crippen molar-refractivity contribution in [2.45, 2.75) is 38.4 Å². The Hall–Kier alpha value is -3.24. The van der Waals surface area contributed by atoms with Crippen LogP contribution in [-0.2, 0) is 17.5 Å². The molecule has 7 nitrogen and oxygen atoms in total. The van der Waals surface area contributed by atoms with Crippen LogP contribution >= 0.6 is 0 Å². The molecule has 1 aromatic carbocycles. The average molecular weight is 518 g/mol. The highest BCUT2D eigenvalue weighted by Gasteiger charge is 2.32. The number of furan rings is 2. The molecule has 2 saturated heterocycles. The van der Waals surface area contributed by atoms with Crippen LogP contribution in [-0.4, -0.2) is 50.2 Å². The summed E-state index contributed by atoms with van der Waals surface area (Å²) in [4.78, 5) is 17.2. The van der Waals surface area contributed by atoms with E-state index in [2.05, 4.69) is 10.2 Å². The fourth-order valence-corrected chi connectivity index (χ4v) is 4.89. The maximum Gasteiger partial charge on any atom is 0.416 e. The van der Waals surface area contributed by atoms with Crippen molar-refractivity contribution in [1.82, 2.24) is 4.90 Å². The SMILES string of the molecule is Cc1ccc(CN2CCN(c3ccc(C(F)(F)F)cc3NC(=O)c3ccc(C4CCOCC4)o3)CC2)o1. The largest absolute Gasteiger partial charge is 0.465 e. The van der Waals surface area contributed by atoms with Crippen LogP contribution in [0.15, 0.2) is 51.3 Å². The second kappa shape index (κ2) is 10.6. The van der Waals surface area contributed by atoms with Gasteiger partial charge in [-0.05, 0) is 62.2 Å². The van der Waals surface area contributed by atoms with E-state index in [0.29, 0.717) is 57.4 Å². The number of ether oxygens (including phenoxy) is 1. The quantitative estimate of drug-likeness (QED) is 0.455. The molecule has 2 fully saturated rings.